The van der Waals surface area contributed by atoms with Gasteiger partial charge in [0, 0.05) is 17.6 Å². The molecular formula is C27H24N2. The fraction of sp³-hybridized carbons (Fsp3) is 0.148. The van der Waals surface area contributed by atoms with Crippen molar-refractivity contribution in [3.05, 3.63) is 125 Å². The van der Waals surface area contributed by atoms with E-state index in [2.05, 4.69) is 90.2 Å². The fourth-order valence-electron chi connectivity index (χ4n) is 4.97. The minimum absolute atomic E-state index is 0.385. The predicted molar refractivity (Wildman–Crippen MR) is 120 cm³/mol. The third-order valence-corrected chi connectivity index (χ3v) is 5.98. The average molecular weight is 377 g/mol. The summed E-state index contributed by atoms with van der Waals surface area (Å²) in [5.41, 5.74) is 9.67. The van der Waals surface area contributed by atoms with Gasteiger partial charge in [-0.05, 0) is 52.4 Å². The maximum Gasteiger partial charge on any atom is 0.0919 e. The standard InChI is InChI=1S/C25H18N2.C2H6/c1-2-10-19-17(8-1)16-18-9-7-15-26-24(18)25(19)20-11-3-5-13-22(20)27-23-14-6-4-12-21(23)25;1-2/h1-15,27H,16H2;1-2H3. The maximum atomic E-state index is 4.97. The minimum Gasteiger partial charge on any atom is -0.355 e. The first kappa shape index (κ1) is 17.7. The zero-order valence-electron chi connectivity index (χ0n) is 16.8. The fourth-order valence-corrected chi connectivity index (χ4v) is 4.97. The Hall–Kier alpha value is -3.39. The Kier molecular flexibility index (Phi) is 4.21. The van der Waals surface area contributed by atoms with Crippen LogP contribution in [0.1, 0.15) is 47.4 Å². The van der Waals surface area contributed by atoms with E-state index < -0.39 is 0 Å². The molecule has 0 radical (unpaired) electrons. The normalized spacial score (nSPS) is 14.3. The van der Waals surface area contributed by atoms with Gasteiger partial charge in [0.2, 0.25) is 0 Å². The van der Waals surface area contributed by atoms with Crippen LogP contribution < -0.4 is 5.32 Å². The van der Waals surface area contributed by atoms with Gasteiger partial charge in [-0.1, -0.05) is 80.6 Å². The van der Waals surface area contributed by atoms with Crippen molar-refractivity contribution in [3.8, 4) is 0 Å². The number of nitrogens with one attached hydrogen (secondary N) is 1. The molecular weight excluding hydrogens is 352 g/mol. The predicted octanol–water partition coefficient (Wildman–Crippen LogP) is 6.45. The largest absolute Gasteiger partial charge is 0.355 e. The molecule has 0 amide bonds. The van der Waals surface area contributed by atoms with Crippen molar-refractivity contribution in [1.29, 1.82) is 0 Å². The molecule has 0 fully saturated rings. The number of aromatic nitrogens is 1. The van der Waals surface area contributed by atoms with Crippen molar-refractivity contribution in [2.24, 2.45) is 0 Å². The summed E-state index contributed by atoms with van der Waals surface area (Å²) in [6.45, 7) is 4.00. The highest BCUT2D eigenvalue weighted by atomic mass is 14.9. The molecule has 4 aromatic rings. The van der Waals surface area contributed by atoms with Gasteiger partial charge in [0.1, 0.15) is 0 Å². The second-order valence-corrected chi connectivity index (χ2v) is 7.31. The van der Waals surface area contributed by atoms with Gasteiger partial charge in [0.05, 0.1) is 11.1 Å². The monoisotopic (exact) mass is 376 g/mol. The Labute approximate surface area is 172 Å². The molecule has 29 heavy (non-hydrogen) atoms. The van der Waals surface area contributed by atoms with E-state index in [4.69, 9.17) is 4.98 Å². The lowest BCUT2D eigenvalue weighted by molar-refractivity contribution is 0.671. The summed E-state index contributed by atoms with van der Waals surface area (Å²) in [6.07, 6.45) is 2.86. The number of pyridine rings is 1. The SMILES string of the molecule is CC.c1ccc2c(c1)Cc1cccnc1C21c2ccccc2Nc2ccccc21. The van der Waals surface area contributed by atoms with E-state index in [0.29, 0.717) is 0 Å². The van der Waals surface area contributed by atoms with Gasteiger partial charge in [-0.3, -0.25) is 4.98 Å². The first-order valence-electron chi connectivity index (χ1n) is 10.4. The summed E-state index contributed by atoms with van der Waals surface area (Å²) in [5.74, 6) is 0. The highest BCUT2D eigenvalue weighted by Gasteiger charge is 2.48. The topological polar surface area (TPSA) is 24.9 Å². The number of hydrogen-bond donors (Lipinski definition) is 1. The third kappa shape index (κ3) is 2.39. The molecule has 1 aliphatic carbocycles. The molecule has 2 heteroatoms. The lowest BCUT2D eigenvalue weighted by Crippen LogP contribution is -2.40. The molecule has 0 bridgehead atoms. The second kappa shape index (κ2) is 6.89. The van der Waals surface area contributed by atoms with Crippen molar-refractivity contribution < 1.29 is 0 Å². The maximum absolute atomic E-state index is 4.97. The van der Waals surface area contributed by atoms with Crippen LogP contribution >= 0.6 is 0 Å². The van der Waals surface area contributed by atoms with Crippen LogP contribution in [-0.4, -0.2) is 4.98 Å². The van der Waals surface area contributed by atoms with E-state index in [-0.39, 0.29) is 5.41 Å². The molecule has 1 aromatic heterocycles. The molecule has 1 N–H and O–H groups in total. The van der Waals surface area contributed by atoms with Gasteiger partial charge in [0.15, 0.2) is 0 Å². The first-order chi connectivity index (χ1) is 14.4. The first-order valence-corrected chi connectivity index (χ1v) is 10.4. The van der Waals surface area contributed by atoms with Crippen molar-refractivity contribution in [3.63, 3.8) is 0 Å². The van der Waals surface area contributed by atoms with E-state index in [1.165, 1.54) is 27.8 Å². The van der Waals surface area contributed by atoms with E-state index in [1.807, 2.05) is 20.0 Å². The van der Waals surface area contributed by atoms with E-state index >= 15 is 0 Å². The molecule has 1 spiro atoms. The third-order valence-electron chi connectivity index (χ3n) is 5.98. The zero-order valence-corrected chi connectivity index (χ0v) is 16.8. The summed E-state index contributed by atoms with van der Waals surface area (Å²) < 4.78 is 0. The van der Waals surface area contributed by atoms with Crippen molar-refractivity contribution in [2.75, 3.05) is 5.32 Å². The molecule has 2 heterocycles. The summed E-state index contributed by atoms with van der Waals surface area (Å²) in [4.78, 5) is 4.97. The molecule has 0 unspecified atom stereocenters. The number of benzene rings is 3. The van der Waals surface area contributed by atoms with Crippen LogP contribution in [-0.2, 0) is 11.8 Å². The number of fused-ring (bicyclic) bond motifs is 8. The number of anilines is 2. The quantitative estimate of drug-likeness (QED) is 0.329. The summed E-state index contributed by atoms with van der Waals surface area (Å²) in [6, 6.07) is 30.4. The number of hydrogen-bond acceptors (Lipinski definition) is 2. The summed E-state index contributed by atoms with van der Waals surface area (Å²) in [7, 11) is 0. The number of para-hydroxylation sites is 2. The van der Waals surface area contributed by atoms with Crippen molar-refractivity contribution in [1.82, 2.24) is 4.98 Å². The van der Waals surface area contributed by atoms with Crippen LogP contribution in [0.5, 0.6) is 0 Å². The highest BCUT2D eigenvalue weighted by molar-refractivity contribution is 5.82. The lowest BCUT2D eigenvalue weighted by atomic mass is 9.60. The lowest BCUT2D eigenvalue weighted by Gasteiger charge is -2.45. The Morgan fingerprint density at radius 2 is 1.21 bits per heavy atom. The summed E-state index contributed by atoms with van der Waals surface area (Å²) >= 11 is 0. The smallest absolute Gasteiger partial charge is 0.0919 e. The molecule has 0 saturated heterocycles. The Morgan fingerprint density at radius 1 is 0.655 bits per heavy atom. The van der Waals surface area contributed by atoms with Gasteiger partial charge >= 0.3 is 0 Å². The van der Waals surface area contributed by atoms with Crippen LogP contribution in [0.3, 0.4) is 0 Å². The van der Waals surface area contributed by atoms with Crippen LogP contribution in [0.4, 0.5) is 11.4 Å². The molecule has 0 atom stereocenters. The van der Waals surface area contributed by atoms with Gasteiger partial charge in [-0.15, -0.1) is 0 Å². The van der Waals surface area contributed by atoms with Gasteiger partial charge < -0.3 is 5.32 Å². The number of rotatable bonds is 0. The Balaban J connectivity index is 0.000000882. The van der Waals surface area contributed by atoms with Crippen LogP contribution in [0, 0.1) is 0 Å². The molecule has 2 aliphatic rings. The van der Waals surface area contributed by atoms with E-state index in [1.54, 1.807) is 0 Å². The molecule has 3 aromatic carbocycles. The van der Waals surface area contributed by atoms with E-state index in [9.17, 15) is 0 Å². The minimum atomic E-state index is -0.385. The summed E-state index contributed by atoms with van der Waals surface area (Å²) in [5, 5.41) is 3.65. The Morgan fingerprint density at radius 3 is 1.90 bits per heavy atom. The van der Waals surface area contributed by atoms with Crippen molar-refractivity contribution >= 4 is 11.4 Å². The zero-order chi connectivity index (χ0) is 19.8. The molecule has 6 rings (SSSR count). The second-order valence-electron chi connectivity index (χ2n) is 7.31. The van der Waals surface area contributed by atoms with Crippen molar-refractivity contribution in [2.45, 2.75) is 25.7 Å². The van der Waals surface area contributed by atoms with Gasteiger partial charge in [-0.25, -0.2) is 0 Å². The Bertz CT molecular complexity index is 1000. The van der Waals surface area contributed by atoms with Gasteiger partial charge in [-0.2, -0.15) is 0 Å². The molecule has 0 saturated carbocycles. The number of nitrogens with zero attached hydrogens (tertiary/aromatic N) is 1. The highest BCUT2D eigenvalue weighted by Crippen LogP contribution is 2.56. The van der Waals surface area contributed by atoms with E-state index in [0.717, 1.165) is 23.5 Å². The average Bonchev–Trinajstić information content (AvgIpc) is 2.80. The van der Waals surface area contributed by atoms with Crippen LogP contribution in [0.15, 0.2) is 91.1 Å². The van der Waals surface area contributed by atoms with Crippen LogP contribution in [0.2, 0.25) is 0 Å². The molecule has 1 aliphatic heterocycles. The van der Waals surface area contributed by atoms with Crippen LogP contribution in [0.25, 0.3) is 0 Å². The molecule has 2 nitrogen and oxygen atoms in total. The van der Waals surface area contributed by atoms with Gasteiger partial charge in [0.25, 0.3) is 0 Å². The molecule has 142 valence electrons.